The Bertz CT molecular complexity index is 216. The van der Waals surface area contributed by atoms with Crippen LogP contribution in [0.3, 0.4) is 0 Å². The van der Waals surface area contributed by atoms with E-state index in [1.165, 1.54) is 7.11 Å². The van der Waals surface area contributed by atoms with E-state index in [0.717, 1.165) is 12.8 Å². The molecular formula is C13H28O4. The summed E-state index contributed by atoms with van der Waals surface area (Å²) >= 11 is 0. The largest absolute Gasteiger partial charge is 0.240 e. The van der Waals surface area contributed by atoms with Gasteiger partial charge in [0, 0.05) is 0 Å². The Morgan fingerprint density at radius 3 is 1.41 bits per heavy atom. The van der Waals surface area contributed by atoms with E-state index in [1.54, 1.807) is 0 Å². The summed E-state index contributed by atoms with van der Waals surface area (Å²) in [7, 11) is 1.52. The Kier molecular flexibility index (Phi) is 6.08. The molecule has 4 nitrogen and oxygen atoms in total. The highest BCUT2D eigenvalue weighted by Crippen LogP contribution is 2.26. The van der Waals surface area contributed by atoms with Crippen molar-refractivity contribution in [3.8, 4) is 0 Å². The van der Waals surface area contributed by atoms with Gasteiger partial charge in [-0.25, -0.2) is 19.6 Å². The molecule has 17 heavy (non-hydrogen) atoms. The van der Waals surface area contributed by atoms with Crippen LogP contribution in [0.5, 0.6) is 0 Å². The van der Waals surface area contributed by atoms with Crippen LogP contribution in [-0.2, 0) is 19.6 Å². The third-order valence-corrected chi connectivity index (χ3v) is 2.16. The van der Waals surface area contributed by atoms with Crippen molar-refractivity contribution < 1.29 is 19.6 Å². The summed E-state index contributed by atoms with van der Waals surface area (Å²) in [6.07, 6.45) is 1.64. The molecule has 0 aromatic carbocycles. The molecule has 0 radical (unpaired) electrons. The summed E-state index contributed by atoms with van der Waals surface area (Å²) in [4.78, 5) is 20.7. The van der Waals surface area contributed by atoms with Crippen molar-refractivity contribution in [2.24, 2.45) is 0 Å². The van der Waals surface area contributed by atoms with Gasteiger partial charge in [-0.05, 0) is 61.3 Å². The van der Waals surface area contributed by atoms with E-state index in [2.05, 4.69) is 0 Å². The molecule has 0 spiro atoms. The summed E-state index contributed by atoms with van der Waals surface area (Å²) in [6, 6.07) is 0. The van der Waals surface area contributed by atoms with Crippen molar-refractivity contribution in [2.75, 3.05) is 7.11 Å². The lowest BCUT2D eigenvalue weighted by atomic mass is 9.94. The Balaban J connectivity index is 4.09. The molecule has 0 aliphatic heterocycles. The predicted molar refractivity (Wildman–Crippen MR) is 67.4 cm³/mol. The molecule has 0 heterocycles. The summed E-state index contributed by atoms with van der Waals surface area (Å²) in [5.74, 6) is 0. The van der Waals surface area contributed by atoms with Crippen LogP contribution in [0.2, 0.25) is 0 Å². The predicted octanol–water partition coefficient (Wildman–Crippen LogP) is 3.65. The van der Waals surface area contributed by atoms with E-state index in [0.29, 0.717) is 0 Å². The van der Waals surface area contributed by atoms with Crippen molar-refractivity contribution in [3.63, 3.8) is 0 Å². The van der Waals surface area contributed by atoms with Crippen LogP contribution in [0.4, 0.5) is 0 Å². The molecule has 104 valence electrons. The second-order valence-corrected chi connectivity index (χ2v) is 6.55. The molecule has 0 saturated heterocycles. The molecule has 0 bridgehead atoms. The van der Waals surface area contributed by atoms with Crippen molar-refractivity contribution in [3.05, 3.63) is 0 Å². The zero-order chi connectivity index (χ0) is 13.7. The molecule has 0 aromatic heterocycles. The summed E-state index contributed by atoms with van der Waals surface area (Å²) < 4.78 is 0. The molecule has 0 N–H and O–H groups in total. The van der Waals surface area contributed by atoms with Gasteiger partial charge in [-0.2, -0.15) is 0 Å². The van der Waals surface area contributed by atoms with Crippen molar-refractivity contribution in [2.45, 2.75) is 78.1 Å². The van der Waals surface area contributed by atoms with Gasteiger partial charge in [-0.1, -0.05) is 0 Å². The lowest BCUT2D eigenvalue weighted by Gasteiger charge is -2.31. The second kappa shape index (κ2) is 6.14. The summed E-state index contributed by atoms with van der Waals surface area (Å²) in [5.41, 5.74) is -0.964. The number of hydrogen-bond donors (Lipinski definition) is 0. The van der Waals surface area contributed by atoms with Crippen LogP contribution in [0, 0.1) is 0 Å². The minimum absolute atomic E-state index is 0.296. The van der Waals surface area contributed by atoms with Crippen LogP contribution < -0.4 is 0 Å². The van der Waals surface area contributed by atoms with Crippen LogP contribution in [0.15, 0.2) is 0 Å². The van der Waals surface area contributed by atoms with Gasteiger partial charge < -0.3 is 0 Å². The Morgan fingerprint density at radius 2 is 1.06 bits per heavy atom. The number of hydrogen-bond acceptors (Lipinski definition) is 4. The Hall–Kier alpha value is -0.160. The maximum atomic E-state index is 5.47. The van der Waals surface area contributed by atoms with Gasteiger partial charge in [0.05, 0.1) is 23.9 Å². The van der Waals surface area contributed by atoms with E-state index < -0.39 is 0 Å². The highest BCUT2D eigenvalue weighted by atomic mass is 17.2. The van der Waals surface area contributed by atoms with Crippen LogP contribution in [0.25, 0.3) is 0 Å². The molecule has 0 rings (SSSR count). The maximum absolute atomic E-state index is 5.47. The maximum Gasteiger partial charge on any atom is 0.0981 e. The minimum Gasteiger partial charge on any atom is -0.240 e. The molecule has 0 aromatic rings. The van der Waals surface area contributed by atoms with Crippen LogP contribution >= 0.6 is 0 Å². The van der Waals surface area contributed by atoms with Gasteiger partial charge in [0.25, 0.3) is 0 Å². The highest BCUT2D eigenvalue weighted by molar-refractivity contribution is 4.75. The zero-order valence-corrected chi connectivity index (χ0v) is 12.5. The monoisotopic (exact) mass is 248 g/mol. The third kappa shape index (κ3) is 9.53. The van der Waals surface area contributed by atoms with E-state index in [9.17, 15) is 0 Å². The Labute approximate surface area is 105 Å². The fourth-order valence-corrected chi connectivity index (χ4v) is 1.15. The first kappa shape index (κ1) is 16.8. The van der Waals surface area contributed by atoms with Gasteiger partial charge in [0.15, 0.2) is 0 Å². The first-order valence-electron chi connectivity index (χ1n) is 6.06. The quantitative estimate of drug-likeness (QED) is 0.509. The highest BCUT2D eigenvalue weighted by Gasteiger charge is 2.28. The smallest absolute Gasteiger partial charge is 0.0981 e. The van der Waals surface area contributed by atoms with E-state index >= 15 is 0 Å². The average Bonchev–Trinajstić information content (AvgIpc) is 2.12. The Morgan fingerprint density at radius 1 is 0.647 bits per heavy atom. The SMILES string of the molecule is COOC(C)(C)CCC(C)(C)OOC(C)(C)C. The molecule has 0 aliphatic rings. The average molecular weight is 248 g/mol. The summed E-state index contributed by atoms with van der Waals surface area (Å²) in [5, 5.41) is 0. The first-order chi connectivity index (χ1) is 7.47. The van der Waals surface area contributed by atoms with Crippen LogP contribution in [0.1, 0.15) is 61.3 Å². The topological polar surface area (TPSA) is 36.9 Å². The molecule has 0 atom stereocenters. The molecule has 0 unspecified atom stereocenters. The fraction of sp³-hybridized carbons (Fsp3) is 1.00. The van der Waals surface area contributed by atoms with E-state index in [4.69, 9.17) is 19.6 Å². The number of rotatable bonds is 7. The van der Waals surface area contributed by atoms with Gasteiger partial charge >= 0.3 is 0 Å². The molecule has 0 fully saturated rings. The first-order valence-corrected chi connectivity index (χ1v) is 6.06. The van der Waals surface area contributed by atoms with Gasteiger partial charge in [-0.3, -0.25) is 0 Å². The molecule has 0 saturated carbocycles. The third-order valence-electron chi connectivity index (χ3n) is 2.16. The molecule has 0 aliphatic carbocycles. The fourth-order valence-electron chi connectivity index (χ4n) is 1.15. The van der Waals surface area contributed by atoms with E-state index in [-0.39, 0.29) is 16.8 Å². The standard InChI is InChI=1S/C13H28O4/c1-11(2,3)15-17-13(6,7)10-9-12(4,5)16-14-8/h9-10H2,1-8H3. The van der Waals surface area contributed by atoms with Gasteiger partial charge in [0.2, 0.25) is 0 Å². The second-order valence-electron chi connectivity index (χ2n) is 6.55. The minimum atomic E-state index is -0.346. The zero-order valence-electron chi connectivity index (χ0n) is 12.5. The van der Waals surface area contributed by atoms with Crippen LogP contribution in [-0.4, -0.2) is 23.9 Å². The van der Waals surface area contributed by atoms with Crippen molar-refractivity contribution in [1.29, 1.82) is 0 Å². The lowest BCUT2D eigenvalue weighted by molar-refractivity contribution is -0.401. The van der Waals surface area contributed by atoms with E-state index in [1.807, 2.05) is 48.5 Å². The normalized spacial score (nSPS) is 14.1. The van der Waals surface area contributed by atoms with Gasteiger partial charge in [0.1, 0.15) is 0 Å². The molecule has 0 amide bonds. The lowest BCUT2D eigenvalue weighted by Crippen LogP contribution is -2.34. The molecule has 4 heteroatoms. The summed E-state index contributed by atoms with van der Waals surface area (Å²) in [6.45, 7) is 13.8. The van der Waals surface area contributed by atoms with Crippen molar-refractivity contribution >= 4 is 0 Å². The van der Waals surface area contributed by atoms with Crippen molar-refractivity contribution in [1.82, 2.24) is 0 Å². The molecular weight excluding hydrogens is 220 g/mol. The van der Waals surface area contributed by atoms with Gasteiger partial charge in [-0.15, -0.1) is 0 Å².